The molecule has 4 nitrogen and oxygen atoms in total. The molecule has 0 spiro atoms. The monoisotopic (exact) mass is 320 g/mol. The molecule has 3 aliphatic rings. The molecule has 0 amide bonds. The van der Waals surface area contributed by atoms with Crippen LogP contribution in [0.1, 0.15) is 76.0 Å². The molecule has 0 N–H and O–H groups in total. The van der Waals surface area contributed by atoms with Crippen LogP contribution < -0.4 is 0 Å². The summed E-state index contributed by atoms with van der Waals surface area (Å²) in [6.07, 6.45) is 7.84. The fourth-order valence-electron chi connectivity index (χ4n) is 3.73. The molecule has 1 aromatic rings. The highest BCUT2D eigenvalue weighted by Crippen LogP contribution is 2.45. The average molecular weight is 321 g/mol. The Balaban J connectivity index is 1.51. The molecular weight excluding hydrogens is 292 g/mol. The van der Waals surface area contributed by atoms with Gasteiger partial charge in [-0.15, -0.1) is 10.2 Å². The molecule has 122 valence electrons. The first-order valence-electron chi connectivity index (χ1n) is 9.04. The van der Waals surface area contributed by atoms with E-state index in [2.05, 4.69) is 45.3 Å². The van der Waals surface area contributed by atoms with Gasteiger partial charge in [0.1, 0.15) is 11.6 Å². The van der Waals surface area contributed by atoms with E-state index in [4.69, 9.17) is 0 Å². The van der Waals surface area contributed by atoms with Gasteiger partial charge in [-0.3, -0.25) is 4.90 Å². The minimum absolute atomic E-state index is 0.460. The Labute approximate surface area is 138 Å². The topological polar surface area (TPSA) is 34.0 Å². The summed E-state index contributed by atoms with van der Waals surface area (Å²) in [6, 6.07) is 0.710. The average Bonchev–Trinajstić information content (AvgIpc) is 3.47. The Morgan fingerprint density at radius 2 is 1.91 bits per heavy atom. The molecule has 1 aromatic heterocycles. The van der Waals surface area contributed by atoms with Crippen molar-refractivity contribution in [3.05, 3.63) is 11.6 Å². The van der Waals surface area contributed by atoms with Crippen molar-refractivity contribution in [2.24, 2.45) is 0 Å². The molecule has 5 heteroatoms. The minimum Gasteiger partial charge on any atom is -0.311 e. The second-order valence-electron chi connectivity index (χ2n) is 7.30. The van der Waals surface area contributed by atoms with Crippen molar-refractivity contribution in [2.45, 2.75) is 75.6 Å². The van der Waals surface area contributed by atoms with Crippen molar-refractivity contribution < 1.29 is 0 Å². The van der Waals surface area contributed by atoms with Gasteiger partial charge >= 0.3 is 0 Å². The van der Waals surface area contributed by atoms with E-state index in [9.17, 15) is 0 Å². The van der Waals surface area contributed by atoms with Gasteiger partial charge < -0.3 is 4.57 Å². The first-order valence-corrected chi connectivity index (χ1v) is 10.0. The Kier molecular flexibility index (Phi) is 3.97. The fraction of sp³-hybridized carbons (Fsp3) is 0.882. The van der Waals surface area contributed by atoms with Crippen LogP contribution in [0, 0.1) is 0 Å². The van der Waals surface area contributed by atoms with Crippen LogP contribution in [-0.2, 0) is 6.54 Å². The molecule has 1 aliphatic heterocycles. The van der Waals surface area contributed by atoms with Gasteiger partial charge in [0, 0.05) is 35.5 Å². The van der Waals surface area contributed by atoms with Crippen molar-refractivity contribution >= 4 is 11.8 Å². The highest BCUT2D eigenvalue weighted by atomic mass is 32.2. The smallest absolute Gasteiger partial charge is 0.147 e. The van der Waals surface area contributed by atoms with E-state index in [1.807, 2.05) is 0 Å². The van der Waals surface area contributed by atoms with E-state index in [1.165, 1.54) is 69.0 Å². The van der Waals surface area contributed by atoms with Crippen molar-refractivity contribution in [3.63, 3.8) is 0 Å². The standard InChI is InChI=1S/C17H28N4S/c1-3-17(4-2)12-20(9-10-22-17)11-15-18-19-16(13-5-6-13)21(15)14-7-8-14/h13-14H,3-12H2,1-2H3. The summed E-state index contributed by atoms with van der Waals surface area (Å²) in [5.41, 5.74) is 0. The molecule has 0 unspecified atom stereocenters. The highest BCUT2D eigenvalue weighted by Gasteiger charge is 2.38. The van der Waals surface area contributed by atoms with Crippen molar-refractivity contribution in [3.8, 4) is 0 Å². The summed E-state index contributed by atoms with van der Waals surface area (Å²) >= 11 is 2.18. The summed E-state index contributed by atoms with van der Waals surface area (Å²) in [5.74, 6) is 4.50. The maximum atomic E-state index is 4.60. The largest absolute Gasteiger partial charge is 0.311 e. The summed E-state index contributed by atoms with van der Waals surface area (Å²) in [7, 11) is 0. The number of thioether (sulfide) groups is 1. The number of rotatable bonds is 6. The number of aromatic nitrogens is 3. The van der Waals surface area contributed by atoms with E-state index in [1.54, 1.807) is 0 Å². The van der Waals surface area contributed by atoms with E-state index < -0.39 is 0 Å². The molecule has 1 saturated heterocycles. The second-order valence-corrected chi connectivity index (χ2v) is 8.86. The van der Waals surface area contributed by atoms with Crippen LogP contribution in [0.15, 0.2) is 0 Å². The molecule has 3 fully saturated rings. The molecule has 0 aromatic carbocycles. The van der Waals surface area contributed by atoms with Gasteiger partial charge in [0.25, 0.3) is 0 Å². The van der Waals surface area contributed by atoms with E-state index >= 15 is 0 Å². The van der Waals surface area contributed by atoms with Gasteiger partial charge in [0.05, 0.1) is 6.54 Å². The summed E-state index contributed by atoms with van der Waals surface area (Å²) in [5, 5.41) is 9.16. The third kappa shape index (κ3) is 2.82. The maximum absolute atomic E-state index is 4.60. The zero-order valence-electron chi connectivity index (χ0n) is 13.9. The summed E-state index contributed by atoms with van der Waals surface area (Å²) < 4.78 is 2.97. The Bertz CT molecular complexity index is 529. The van der Waals surface area contributed by atoms with Crippen LogP contribution in [0.5, 0.6) is 0 Å². The predicted molar refractivity (Wildman–Crippen MR) is 91.3 cm³/mol. The van der Waals surface area contributed by atoms with Gasteiger partial charge in [-0.05, 0) is 38.5 Å². The van der Waals surface area contributed by atoms with E-state index in [-0.39, 0.29) is 0 Å². The zero-order valence-corrected chi connectivity index (χ0v) is 14.7. The Morgan fingerprint density at radius 1 is 1.14 bits per heavy atom. The van der Waals surface area contributed by atoms with Crippen LogP contribution >= 0.6 is 11.8 Å². The number of nitrogens with zero attached hydrogens (tertiary/aromatic N) is 4. The van der Waals surface area contributed by atoms with Crippen LogP contribution in [0.2, 0.25) is 0 Å². The summed E-state index contributed by atoms with van der Waals surface area (Å²) in [4.78, 5) is 2.63. The molecule has 4 rings (SSSR count). The lowest BCUT2D eigenvalue weighted by Gasteiger charge is -2.41. The van der Waals surface area contributed by atoms with Crippen molar-refractivity contribution in [1.82, 2.24) is 19.7 Å². The minimum atomic E-state index is 0.460. The lowest BCUT2D eigenvalue weighted by atomic mass is 10.0. The Morgan fingerprint density at radius 3 is 2.55 bits per heavy atom. The first kappa shape index (κ1) is 15.0. The SMILES string of the molecule is CCC1(CC)CN(Cc2nnc(C3CC3)n2C2CC2)CCS1. The van der Waals surface area contributed by atoms with E-state index in [0.29, 0.717) is 16.7 Å². The molecule has 2 aliphatic carbocycles. The van der Waals surface area contributed by atoms with E-state index in [0.717, 1.165) is 6.54 Å². The quantitative estimate of drug-likeness (QED) is 0.802. The molecule has 0 radical (unpaired) electrons. The zero-order chi connectivity index (χ0) is 15.2. The van der Waals surface area contributed by atoms with Gasteiger partial charge in [0.2, 0.25) is 0 Å². The number of hydrogen-bond donors (Lipinski definition) is 0. The van der Waals surface area contributed by atoms with Gasteiger partial charge in [0.15, 0.2) is 0 Å². The molecule has 2 saturated carbocycles. The first-order chi connectivity index (χ1) is 10.7. The van der Waals surface area contributed by atoms with Crippen LogP contribution in [0.3, 0.4) is 0 Å². The molecule has 2 heterocycles. The van der Waals surface area contributed by atoms with Gasteiger partial charge in [-0.1, -0.05) is 13.8 Å². The predicted octanol–water partition coefficient (Wildman–Crippen LogP) is 3.60. The maximum Gasteiger partial charge on any atom is 0.147 e. The summed E-state index contributed by atoms with van der Waals surface area (Å²) in [6.45, 7) is 8.10. The van der Waals surface area contributed by atoms with Crippen LogP contribution in [0.25, 0.3) is 0 Å². The lowest BCUT2D eigenvalue weighted by molar-refractivity contribution is 0.225. The van der Waals surface area contributed by atoms with Crippen LogP contribution in [-0.4, -0.2) is 43.3 Å². The molecule has 0 bridgehead atoms. The van der Waals surface area contributed by atoms with Gasteiger partial charge in [-0.2, -0.15) is 11.8 Å². The second kappa shape index (κ2) is 5.82. The normalized spacial score (nSPS) is 25.5. The van der Waals surface area contributed by atoms with Gasteiger partial charge in [-0.25, -0.2) is 0 Å². The highest BCUT2D eigenvalue weighted by molar-refractivity contribution is 8.00. The Hall–Kier alpha value is -0.550. The van der Waals surface area contributed by atoms with Crippen molar-refractivity contribution in [1.29, 1.82) is 0 Å². The lowest BCUT2D eigenvalue weighted by Crippen LogP contribution is -2.45. The van der Waals surface area contributed by atoms with Crippen LogP contribution in [0.4, 0.5) is 0 Å². The number of hydrogen-bond acceptors (Lipinski definition) is 4. The molecular formula is C17H28N4S. The molecule has 22 heavy (non-hydrogen) atoms. The third-order valence-corrected chi connectivity index (χ3v) is 7.33. The molecule has 0 atom stereocenters. The fourth-order valence-corrected chi connectivity index (χ4v) is 5.20. The van der Waals surface area contributed by atoms with Crippen molar-refractivity contribution in [2.75, 3.05) is 18.8 Å². The third-order valence-electron chi connectivity index (χ3n) is 5.63.